The second kappa shape index (κ2) is 16.0. The van der Waals surface area contributed by atoms with E-state index in [-0.39, 0.29) is 29.6 Å². The van der Waals surface area contributed by atoms with Crippen LogP contribution in [0.25, 0.3) is 5.65 Å². The van der Waals surface area contributed by atoms with Crippen LogP contribution in [0, 0.1) is 11.7 Å². The average molecular weight is 691 g/mol. The molecule has 3 atom stereocenters. The molecule has 1 aliphatic carbocycles. The Kier molecular flexibility index (Phi) is 11.8. The largest absolute Gasteiger partial charge is 0.444 e. The van der Waals surface area contributed by atoms with E-state index in [4.69, 9.17) is 4.74 Å². The molecule has 2 aromatic heterocycles. The second-order valence-electron chi connectivity index (χ2n) is 14.7. The van der Waals surface area contributed by atoms with E-state index in [1.807, 2.05) is 29.3 Å². The van der Waals surface area contributed by atoms with E-state index >= 15 is 0 Å². The molecule has 5 rings (SSSR count). The number of hydrogen-bond acceptors (Lipinski definition) is 6. The lowest BCUT2D eigenvalue weighted by molar-refractivity contribution is -0.140. The third-order valence-corrected chi connectivity index (χ3v) is 9.87. The Balaban J connectivity index is 1.35. The summed E-state index contributed by atoms with van der Waals surface area (Å²) in [4.78, 5) is 64.3. The number of rotatable bonds is 11. The highest BCUT2D eigenvalue weighted by atomic mass is 19.1. The number of nitrogens with one attached hydrogen (secondary N) is 1. The summed E-state index contributed by atoms with van der Waals surface area (Å²) in [6, 6.07) is 9.95. The number of nitrogens with zero attached hydrogens (tertiary/aromatic N) is 5. The number of aromatic nitrogens is 2. The zero-order chi connectivity index (χ0) is 36.0. The highest BCUT2D eigenvalue weighted by Gasteiger charge is 2.40. The third-order valence-electron chi connectivity index (χ3n) is 9.87. The molecule has 1 N–H and O–H groups in total. The third kappa shape index (κ3) is 9.19. The van der Waals surface area contributed by atoms with Crippen LogP contribution in [-0.4, -0.2) is 98.3 Å². The molecule has 11 nitrogen and oxygen atoms in total. The molecule has 3 aromatic rings. The van der Waals surface area contributed by atoms with E-state index in [2.05, 4.69) is 10.3 Å². The molecule has 12 heteroatoms. The van der Waals surface area contributed by atoms with Gasteiger partial charge in [0, 0.05) is 45.1 Å². The summed E-state index contributed by atoms with van der Waals surface area (Å²) >= 11 is 0. The molecule has 3 unspecified atom stereocenters. The molecule has 2 fully saturated rings. The zero-order valence-electron chi connectivity index (χ0n) is 29.9. The number of benzene rings is 1. The summed E-state index contributed by atoms with van der Waals surface area (Å²) in [5.74, 6) is -1.17. The zero-order valence-corrected chi connectivity index (χ0v) is 29.9. The fourth-order valence-corrected chi connectivity index (χ4v) is 6.93. The molecule has 1 aromatic carbocycles. The number of fused-ring (bicyclic) bond motifs is 1. The van der Waals surface area contributed by atoms with E-state index in [9.17, 15) is 23.6 Å². The van der Waals surface area contributed by atoms with Crippen molar-refractivity contribution in [3.8, 4) is 0 Å². The second-order valence-corrected chi connectivity index (χ2v) is 14.7. The predicted octanol–water partition coefficient (Wildman–Crippen LogP) is 5.47. The molecule has 50 heavy (non-hydrogen) atoms. The van der Waals surface area contributed by atoms with Gasteiger partial charge in [0.1, 0.15) is 34.8 Å². The number of likely N-dealkylation sites (tertiary alicyclic amines) is 1. The van der Waals surface area contributed by atoms with E-state index in [0.717, 1.165) is 44.1 Å². The number of likely N-dealkylation sites (N-methyl/N-ethyl adjacent to an activating group) is 1. The van der Waals surface area contributed by atoms with Crippen molar-refractivity contribution in [3.63, 3.8) is 0 Å². The maximum atomic E-state index is 14.5. The first-order chi connectivity index (χ1) is 23.8. The molecular weight excluding hydrogens is 639 g/mol. The first-order valence-electron chi connectivity index (χ1n) is 17.8. The summed E-state index contributed by atoms with van der Waals surface area (Å²) in [7, 11) is 1.52. The number of ether oxygens (including phenoxy) is 1. The normalized spacial score (nSPS) is 18.0. The first kappa shape index (κ1) is 36.8. The summed E-state index contributed by atoms with van der Waals surface area (Å²) in [5.41, 5.74) is 1.14. The molecule has 1 aliphatic heterocycles. The van der Waals surface area contributed by atoms with Crippen LogP contribution in [0.1, 0.15) is 88.7 Å². The van der Waals surface area contributed by atoms with Gasteiger partial charge in [0.25, 0.3) is 5.91 Å². The van der Waals surface area contributed by atoms with Gasteiger partial charge in [0.05, 0.1) is 0 Å². The predicted molar refractivity (Wildman–Crippen MR) is 188 cm³/mol. The smallest absolute Gasteiger partial charge is 0.410 e. The Bertz CT molecular complexity index is 1610. The van der Waals surface area contributed by atoms with Crippen LogP contribution in [0.4, 0.5) is 9.18 Å². The molecule has 3 heterocycles. The lowest BCUT2D eigenvalue weighted by Gasteiger charge is -2.37. The minimum Gasteiger partial charge on any atom is -0.444 e. The van der Waals surface area contributed by atoms with Crippen LogP contribution < -0.4 is 5.32 Å². The number of halogens is 1. The van der Waals surface area contributed by atoms with Crippen LogP contribution >= 0.6 is 0 Å². The van der Waals surface area contributed by atoms with Gasteiger partial charge >= 0.3 is 6.09 Å². The highest BCUT2D eigenvalue weighted by molar-refractivity contribution is 5.93. The highest BCUT2D eigenvalue weighted by Crippen LogP contribution is 2.30. The van der Waals surface area contributed by atoms with Crippen molar-refractivity contribution in [2.45, 2.75) is 103 Å². The minimum atomic E-state index is -0.858. The van der Waals surface area contributed by atoms with Gasteiger partial charge in [-0.15, -0.1) is 0 Å². The van der Waals surface area contributed by atoms with Gasteiger partial charge < -0.3 is 24.3 Å². The van der Waals surface area contributed by atoms with Crippen LogP contribution in [0.2, 0.25) is 0 Å². The van der Waals surface area contributed by atoms with Crippen LogP contribution in [0.15, 0.2) is 54.9 Å². The first-order valence-corrected chi connectivity index (χ1v) is 17.8. The maximum Gasteiger partial charge on any atom is 0.410 e. The molecule has 4 amide bonds. The van der Waals surface area contributed by atoms with Gasteiger partial charge in [0.15, 0.2) is 0 Å². The van der Waals surface area contributed by atoms with Crippen molar-refractivity contribution >= 4 is 29.5 Å². The van der Waals surface area contributed by atoms with Crippen molar-refractivity contribution in [2.75, 3.05) is 26.7 Å². The van der Waals surface area contributed by atoms with Crippen molar-refractivity contribution in [3.05, 3.63) is 71.9 Å². The van der Waals surface area contributed by atoms with Gasteiger partial charge in [0.2, 0.25) is 11.8 Å². The summed E-state index contributed by atoms with van der Waals surface area (Å²) in [5, 5.41) is 3.05. The van der Waals surface area contributed by atoms with E-state index in [1.54, 1.807) is 55.3 Å². The van der Waals surface area contributed by atoms with Gasteiger partial charge in [-0.25, -0.2) is 14.2 Å². The Morgan fingerprint density at radius 2 is 1.74 bits per heavy atom. The van der Waals surface area contributed by atoms with E-state index in [0.29, 0.717) is 43.8 Å². The molecule has 2 aliphatic rings. The molecule has 1 saturated heterocycles. The lowest BCUT2D eigenvalue weighted by atomic mass is 9.83. The van der Waals surface area contributed by atoms with Gasteiger partial charge in [-0.1, -0.05) is 37.5 Å². The number of amides is 4. The Labute approximate surface area is 294 Å². The molecule has 0 bridgehead atoms. The van der Waals surface area contributed by atoms with Gasteiger partial charge in [-0.05, 0) is 95.5 Å². The maximum absolute atomic E-state index is 14.5. The molecule has 0 radical (unpaired) electrons. The Morgan fingerprint density at radius 1 is 1.02 bits per heavy atom. The topological polar surface area (TPSA) is 117 Å². The number of hydrogen-bond donors (Lipinski definition) is 1. The van der Waals surface area contributed by atoms with Crippen LogP contribution in [0.5, 0.6) is 0 Å². The molecule has 0 spiro atoms. The standard InChI is InChI=1S/C38H51FN6O5/c1-26(42(5)37(49)50-38(2,3)4)34(46)41-33(28-12-7-6-8-13-28)36(48)45-22-11-14-30(45)24-44(23-20-27-16-18-29(39)19-17-27)35(47)31-25-43-21-10-9-15-32(43)40-31/h9-10,15-19,21,25-26,28,30,33H,6-8,11-14,20,22-24H2,1-5H3,(H,41,46). The summed E-state index contributed by atoms with van der Waals surface area (Å²) in [6.45, 7) is 8.10. The Morgan fingerprint density at radius 3 is 2.42 bits per heavy atom. The monoisotopic (exact) mass is 690 g/mol. The number of carbonyl (C=O) groups excluding carboxylic acids is 4. The Hall–Kier alpha value is -4.48. The van der Waals surface area contributed by atoms with Gasteiger partial charge in [-0.2, -0.15) is 0 Å². The molecular formula is C38H51FN6O5. The number of pyridine rings is 1. The molecule has 1 saturated carbocycles. The summed E-state index contributed by atoms with van der Waals surface area (Å²) in [6.07, 6.45) is 9.61. The molecule has 270 valence electrons. The summed E-state index contributed by atoms with van der Waals surface area (Å²) < 4.78 is 20.9. The quantitative estimate of drug-likeness (QED) is 0.285. The van der Waals surface area contributed by atoms with Gasteiger partial charge in [-0.3, -0.25) is 19.3 Å². The van der Waals surface area contributed by atoms with Crippen molar-refractivity contribution in [1.82, 2.24) is 29.4 Å². The number of imidazole rings is 1. The minimum absolute atomic E-state index is 0.0327. The van der Waals surface area contributed by atoms with Crippen LogP contribution in [-0.2, 0) is 20.7 Å². The van der Waals surface area contributed by atoms with Crippen molar-refractivity contribution in [2.24, 2.45) is 5.92 Å². The van der Waals surface area contributed by atoms with Crippen molar-refractivity contribution < 1.29 is 28.3 Å². The fraction of sp³-hybridized carbons (Fsp3) is 0.553. The number of carbonyl (C=O) groups is 4. The van der Waals surface area contributed by atoms with E-state index < -0.39 is 29.7 Å². The van der Waals surface area contributed by atoms with E-state index in [1.165, 1.54) is 24.1 Å². The van der Waals surface area contributed by atoms with Crippen LogP contribution in [0.3, 0.4) is 0 Å². The average Bonchev–Trinajstić information content (AvgIpc) is 3.75. The SMILES string of the molecule is CC(C(=O)NC(C(=O)N1CCCC1CN(CCc1ccc(F)cc1)C(=O)c1cn2ccccc2n1)C1CCCCC1)N(C)C(=O)OC(C)(C)C. The lowest BCUT2D eigenvalue weighted by Crippen LogP contribution is -2.58. The van der Waals surface area contributed by atoms with Crippen molar-refractivity contribution in [1.29, 1.82) is 0 Å². The fourth-order valence-electron chi connectivity index (χ4n) is 6.93.